The highest BCUT2D eigenvalue weighted by molar-refractivity contribution is 6.33. The van der Waals surface area contributed by atoms with Crippen LogP contribution in [0.15, 0.2) is 77.2 Å². The minimum atomic E-state index is -0.489. The summed E-state index contributed by atoms with van der Waals surface area (Å²) in [6, 6.07) is 23.4. The largest absolute Gasteiger partial charge is 0.457 e. The summed E-state index contributed by atoms with van der Waals surface area (Å²) in [6.07, 6.45) is 1.64. The van der Waals surface area contributed by atoms with Crippen molar-refractivity contribution in [3.63, 3.8) is 0 Å². The number of fused-ring (bicyclic) bond motifs is 1. The number of rotatable bonds is 4. The average molecular weight is 401 g/mol. The van der Waals surface area contributed by atoms with Gasteiger partial charge in [-0.1, -0.05) is 48.0 Å². The molecule has 0 saturated carbocycles. The first-order chi connectivity index (χ1) is 14.0. The number of allylic oxidation sites excluding steroid dienone is 1. The van der Waals surface area contributed by atoms with E-state index in [0.717, 1.165) is 16.3 Å². The van der Waals surface area contributed by atoms with Gasteiger partial charge in [-0.3, -0.25) is 10.1 Å². The van der Waals surface area contributed by atoms with Gasteiger partial charge in [0, 0.05) is 17.7 Å². The predicted octanol–water partition coefficient (Wildman–Crippen LogP) is 6.73. The molecule has 4 aromatic rings. The van der Waals surface area contributed by atoms with E-state index in [2.05, 4.69) is 6.07 Å². The first kappa shape index (κ1) is 18.5. The zero-order valence-corrected chi connectivity index (χ0v) is 15.8. The number of furan rings is 1. The van der Waals surface area contributed by atoms with E-state index in [9.17, 15) is 15.4 Å². The molecule has 0 saturated heterocycles. The fourth-order valence-electron chi connectivity index (χ4n) is 3.07. The summed E-state index contributed by atoms with van der Waals surface area (Å²) in [6.45, 7) is 0. The minimum Gasteiger partial charge on any atom is -0.457 e. The maximum absolute atomic E-state index is 11.0. The van der Waals surface area contributed by atoms with Gasteiger partial charge in [0.1, 0.15) is 11.5 Å². The summed E-state index contributed by atoms with van der Waals surface area (Å²) in [5.41, 5.74) is 1.57. The highest BCUT2D eigenvalue weighted by atomic mass is 35.5. The lowest BCUT2D eigenvalue weighted by Crippen LogP contribution is -1.88. The van der Waals surface area contributed by atoms with E-state index < -0.39 is 4.92 Å². The second-order valence-corrected chi connectivity index (χ2v) is 6.76. The first-order valence-corrected chi connectivity index (χ1v) is 9.08. The van der Waals surface area contributed by atoms with Crippen LogP contribution in [0.4, 0.5) is 5.69 Å². The predicted molar refractivity (Wildman–Crippen MR) is 113 cm³/mol. The molecular formula is C23H13ClN2O3. The second kappa shape index (κ2) is 7.63. The molecule has 1 heterocycles. The average Bonchev–Trinajstić information content (AvgIpc) is 3.20. The minimum absolute atomic E-state index is 0.0771. The Bertz CT molecular complexity index is 1320. The van der Waals surface area contributed by atoms with Crippen LogP contribution in [0, 0.1) is 21.4 Å². The molecule has 0 aliphatic carbocycles. The van der Waals surface area contributed by atoms with Gasteiger partial charge < -0.3 is 4.42 Å². The van der Waals surface area contributed by atoms with Gasteiger partial charge in [-0.25, -0.2) is 0 Å². The summed E-state index contributed by atoms with van der Waals surface area (Å²) in [5, 5.41) is 23.1. The molecule has 4 rings (SSSR count). The number of non-ortho nitro benzene ring substituents is 1. The van der Waals surface area contributed by atoms with E-state index >= 15 is 0 Å². The molecule has 0 aliphatic rings. The van der Waals surface area contributed by atoms with Crippen molar-refractivity contribution in [1.82, 2.24) is 0 Å². The van der Waals surface area contributed by atoms with Crippen molar-refractivity contribution in [2.75, 3.05) is 0 Å². The lowest BCUT2D eigenvalue weighted by Gasteiger charge is -2.03. The number of nitro groups is 1. The van der Waals surface area contributed by atoms with Crippen LogP contribution in [0.5, 0.6) is 0 Å². The van der Waals surface area contributed by atoms with Crippen LogP contribution in [0.25, 0.3) is 33.7 Å². The summed E-state index contributed by atoms with van der Waals surface area (Å²) in [5.74, 6) is 0.841. The van der Waals surface area contributed by atoms with Crippen molar-refractivity contribution < 1.29 is 9.34 Å². The maximum atomic E-state index is 11.0. The normalized spacial score (nSPS) is 11.4. The van der Waals surface area contributed by atoms with Crippen molar-refractivity contribution in [3.8, 4) is 17.4 Å². The van der Waals surface area contributed by atoms with Crippen LogP contribution in [0.2, 0.25) is 5.02 Å². The fourth-order valence-corrected chi connectivity index (χ4v) is 3.28. The Balaban J connectivity index is 1.71. The molecule has 29 heavy (non-hydrogen) atoms. The third-order valence-electron chi connectivity index (χ3n) is 4.52. The van der Waals surface area contributed by atoms with Crippen LogP contribution in [-0.2, 0) is 0 Å². The Morgan fingerprint density at radius 2 is 1.83 bits per heavy atom. The zero-order chi connectivity index (χ0) is 20.4. The Morgan fingerprint density at radius 1 is 1.03 bits per heavy atom. The number of hydrogen-bond donors (Lipinski definition) is 0. The van der Waals surface area contributed by atoms with Crippen LogP contribution >= 0.6 is 11.6 Å². The molecule has 0 spiro atoms. The van der Waals surface area contributed by atoms with Gasteiger partial charge >= 0.3 is 0 Å². The van der Waals surface area contributed by atoms with Crippen molar-refractivity contribution in [2.45, 2.75) is 0 Å². The maximum Gasteiger partial charge on any atom is 0.270 e. The second-order valence-electron chi connectivity index (χ2n) is 6.36. The number of hydrogen-bond acceptors (Lipinski definition) is 4. The zero-order valence-electron chi connectivity index (χ0n) is 15.0. The van der Waals surface area contributed by atoms with Gasteiger partial charge in [0.2, 0.25) is 0 Å². The summed E-state index contributed by atoms with van der Waals surface area (Å²) < 4.78 is 5.79. The van der Waals surface area contributed by atoms with E-state index in [4.69, 9.17) is 16.0 Å². The Hall–Kier alpha value is -3.88. The third-order valence-corrected chi connectivity index (χ3v) is 4.85. The Kier molecular flexibility index (Phi) is 4.86. The Morgan fingerprint density at radius 3 is 2.59 bits per heavy atom. The highest BCUT2D eigenvalue weighted by Gasteiger charge is 2.14. The molecule has 0 N–H and O–H groups in total. The van der Waals surface area contributed by atoms with Crippen molar-refractivity contribution in [1.29, 1.82) is 5.26 Å². The number of nitro benzene ring substituents is 1. The molecule has 0 radical (unpaired) electrons. The topological polar surface area (TPSA) is 80.1 Å². The van der Waals surface area contributed by atoms with Crippen molar-refractivity contribution in [2.24, 2.45) is 0 Å². The Labute approximate surface area is 171 Å². The van der Waals surface area contributed by atoms with Gasteiger partial charge in [0.15, 0.2) is 0 Å². The molecule has 0 unspecified atom stereocenters. The van der Waals surface area contributed by atoms with E-state index in [-0.39, 0.29) is 5.69 Å². The lowest BCUT2D eigenvalue weighted by atomic mass is 10.0. The van der Waals surface area contributed by atoms with Crippen LogP contribution in [-0.4, -0.2) is 4.92 Å². The summed E-state index contributed by atoms with van der Waals surface area (Å²) >= 11 is 6.18. The molecule has 0 amide bonds. The molecule has 5 nitrogen and oxygen atoms in total. The van der Waals surface area contributed by atoms with Gasteiger partial charge in [-0.15, -0.1) is 0 Å². The van der Waals surface area contributed by atoms with Crippen molar-refractivity contribution in [3.05, 3.63) is 99.3 Å². The van der Waals surface area contributed by atoms with E-state index in [1.54, 1.807) is 18.2 Å². The molecular weight excluding hydrogens is 388 g/mol. The third kappa shape index (κ3) is 3.75. The van der Waals surface area contributed by atoms with Crippen LogP contribution < -0.4 is 0 Å². The monoisotopic (exact) mass is 400 g/mol. The number of halogens is 1. The van der Waals surface area contributed by atoms with E-state index in [1.807, 2.05) is 42.5 Å². The van der Waals surface area contributed by atoms with Gasteiger partial charge in [-0.05, 0) is 46.7 Å². The smallest absolute Gasteiger partial charge is 0.270 e. The number of nitrogens with zero attached hydrogens (tertiary/aromatic N) is 2. The molecule has 3 aromatic carbocycles. The SMILES string of the molecule is N#C/C(=C/c1ccc(-c2cc([N+](=O)[O-])ccc2Cl)o1)c1ccc2ccccc2c1. The molecule has 1 aromatic heterocycles. The lowest BCUT2D eigenvalue weighted by molar-refractivity contribution is -0.384. The van der Waals surface area contributed by atoms with Crippen LogP contribution in [0.3, 0.4) is 0 Å². The summed E-state index contributed by atoms with van der Waals surface area (Å²) in [7, 11) is 0. The summed E-state index contributed by atoms with van der Waals surface area (Å²) in [4.78, 5) is 10.5. The number of benzene rings is 3. The van der Waals surface area contributed by atoms with E-state index in [0.29, 0.717) is 27.7 Å². The first-order valence-electron chi connectivity index (χ1n) is 8.70. The van der Waals surface area contributed by atoms with Gasteiger partial charge in [-0.2, -0.15) is 5.26 Å². The standard InChI is InChI=1S/C23H13ClN2O3/c24-22-9-7-19(26(27)28)13-21(22)23-10-8-20(29-23)12-18(14-25)17-6-5-15-3-1-2-4-16(15)11-17/h1-13H/b18-12-. The van der Waals surface area contributed by atoms with Crippen molar-refractivity contribution >= 4 is 39.7 Å². The van der Waals surface area contributed by atoms with Crippen LogP contribution in [0.1, 0.15) is 11.3 Å². The van der Waals surface area contributed by atoms with E-state index in [1.165, 1.54) is 18.2 Å². The molecule has 0 atom stereocenters. The molecule has 0 fully saturated rings. The highest BCUT2D eigenvalue weighted by Crippen LogP contribution is 2.33. The van der Waals surface area contributed by atoms with Gasteiger partial charge in [0.05, 0.1) is 21.6 Å². The molecule has 6 heteroatoms. The van der Waals surface area contributed by atoms with Gasteiger partial charge in [0.25, 0.3) is 5.69 Å². The quantitative estimate of drug-likeness (QED) is 0.216. The molecule has 0 bridgehead atoms. The number of nitriles is 1. The molecule has 140 valence electrons. The fraction of sp³-hybridized carbons (Fsp3) is 0. The molecule has 0 aliphatic heterocycles.